The van der Waals surface area contributed by atoms with Crippen LogP contribution in [0.15, 0.2) is 28.8 Å². The fourth-order valence-corrected chi connectivity index (χ4v) is 1.89. The van der Waals surface area contributed by atoms with E-state index in [1.54, 1.807) is 19.1 Å². The maximum atomic E-state index is 12.0. The van der Waals surface area contributed by atoms with Crippen molar-refractivity contribution in [1.29, 1.82) is 0 Å². The fraction of sp³-hybridized carbons (Fsp3) is 0.286. The van der Waals surface area contributed by atoms with Crippen molar-refractivity contribution in [3.8, 4) is 11.3 Å². The highest BCUT2D eigenvalue weighted by Crippen LogP contribution is 2.30. The van der Waals surface area contributed by atoms with E-state index in [1.807, 2.05) is 12.1 Å². The predicted octanol–water partition coefficient (Wildman–Crippen LogP) is 2.80. The lowest BCUT2D eigenvalue weighted by molar-refractivity contribution is 0.209. The minimum absolute atomic E-state index is 0.315. The molecule has 0 bridgehead atoms. The number of halogens is 1. The van der Waals surface area contributed by atoms with Gasteiger partial charge in [-0.3, -0.25) is 5.32 Å². The molecule has 2 aromatic rings. The van der Waals surface area contributed by atoms with Crippen LogP contribution in [-0.2, 0) is 6.54 Å². The number of aromatic nitrogens is 1. The predicted molar refractivity (Wildman–Crippen MR) is 76.0 cm³/mol. The van der Waals surface area contributed by atoms with Crippen molar-refractivity contribution in [3.63, 3.8) is 0 Å². The third kappa shape index (κ3) is 3.79. The lowest BCUT2D eigenvalue weighted by atomic mass is 10.1. The molecule has 6 nitrogen and oxygen atoms in total. The van der Waals surface area contributed by atoms with Crippen molar-refractivity contribution in [2.45, 2.75) is 13.5 Å². The van der Waals surface area contributed by atoms with Crippen LogP contribution >= 0.6 is 0 Å². The Balaban J connectivity index is 2.17. The topological polar surface area (TPSA) is 87.4 Å². The summed E-state index contributed by atoms with van der Waals surface area (Å²) in [4.78, 5) is 10.8. The van der Waals surface area contributed by atoms with E-state index in [4.69, 9.17) is 9.63 Å². The summed E-state index contributed by atoms with van der Waals surface area (Å²) < 4.78 is 17.2. The van der Waals surface area contributed by atoms with Crippen LogP contribution in [0.3, 0.4) is 0 Å². The van der Waals surface area contributed by atoms with Crippen LogP contribution in [0.2, 0.25) is 0 Å². The number of nitrogens with zero attached hydrogens (tertiary/aromatic N) is 1. The van der Waals surface area contributed by atoms with Crippen molar-refractivity contribution in [3.05, 3.63) is 35.5 Å². The van der Waals surface area contributed by atoms with E-state index >= 15 is 0 Å². The number of nitrogens with one attached hydrogen (secondary N) is 2. The molecule has 0 unspecified atom stereocenters. The van der Waals surface area contributed by atoms with E-state index in [9.17, 15) is 9.18 Å². The Hall–Kier alpha value is -2.41. The number of amides is 1. The van der Waals surface area contributed by atoms with Gasteiger partial charge in [0, 0.05) is 18.7 Å². The van der Waals surface area contributed by atoms with Crippen molar-refractivity contribution < 1.29 is 18.8 Å². The van der Waals surface area contributed by atoms with E-state index in [0.717, 1.165) is 5.56 Å². The standard InChI is InChI=1S/C14H16FN3O3/c1-9-12(17-14(19)20)13(21-18-9)11-4-2-10(3-5-11)8-16-7-6-15/h2-5,16-17H,6-8H2,1H3,(H,19,20). The number of rotatable bonds is 6. The van der Waals surface area contributed by atoms with Gasteiger partial charge >= 0.3 is 6.09 Å². The van der Waals surface area contributed by atoms with E-state index in [0.29, 0.717) is 35.8 Å². The van der Waals surface area contributed by atoms with Gasteiger partial charge in [-0.2, -0.15) is 0 Å². The Morgan fingerprint density at radius 2 is 2.10 bits per heavy atom. The van der Waals surface area contributed by atoms with Gasteiger partial charge in [-0.05, 0) is 12.5 Å². The molecule has 112 valence electrons. The molecule has 0 aliphatic carbocycles. The van der Waals surface area contributed by atoms with Crippen LogP contribution in [0.1, 0.15) is 11.3 Å². The Bertz CT molecular complexity index is 610. The summed E-state index contributed by atoms with van der Waals surface area (Å²) in [6.45, 7) is 2.14. The van der Waals surface area contributed by atoms with Crippen molar-refractivity contribution >= 4 is 11.8 Å². The first-order valence-corrected chi connectivity index (χ1v) is 6.44. The monoisotopic (exact) mass is 293 g/mol. The molecule has 21 heavy (non-hydrogen) atoms. The first-order valence-electron chi connectivity index (χ1n) is 6.44. The zero-order chi connectivity index (χ0) is 15.2. The molecule has 0 atom stereocenters. The van der Waals surface area contributed by atoms with Gasteiger partial charge in [0.25, 0.3) is 0 Å². The summed E-state index contributed by atoms with van der Waals surface area (Å²) >= 11 is 0. The number of carbonyl (C=O) groups is 1. The van der Waals surface area contributed by atoms with Gasteiger partial charge in [-0.25, -0.2) is 9.18 Å². The molecule has 3 N–H and O–H groups in total. The summed E-state index contributed by atoms with van der Waals surface area (Å²) in [5.74, 6) is 0.373. The zero-order valence-electron chi connectivity index (χ0n) is 11.5. The Morgan fingerprint density at radius 1 is 1.38 bits per heavy atom. The van der Waals surface area contributed by atoms with Gasteiger partial charge < -0.3 is 14.9 Å². The number of hydrogen-bond donors (Lipinski definition) is 3. The third-order valence-corrected chi connectivity index (χ3v) is 2.91. The molecule has 0 aliphatic rings. The molecular weight excluding hydrogens is 277 g/mol. The highest BCUT2D eigenvalue weighted by atomic mass is 19.1. The molecule has 0 spiro atoms. The SMILES string of the molecule is Cc1noc(-c2ccc(CNCCF)cc2)c1NC(=O)O. The first-order chi connectivity index (χ1) is 10.1. The Morgan fingerprint density at radius 3 is 2.71 bits per heavy atom. The molecule has 1 heterocycles. The molecule has 1 aromatic carbocycles. The van der Waals surface area contributed by atoms with E-state index in [1.165, 1.54) is 0 Å². The first kappa shape index (κ1) is 15.0. The summed E-state index contributed by atoms with van der Waals surface area (Å²) in [6, 6.07) is 7.34. The minimum Gasteiger partial charge on any atom is -0.465 e. The van der Waals surface area contributed by atoms with Crippen LogP contribution in [0.4, 0.5) is 14.9 Å². The largest absolute Gasteiger partial charge is 0.465 e. The Kier molecular flexibility index (Phi) is 4.89. The average molecular weight is 293 g/mol. The lowest BCUT2D eigenvalue weighted by Gasteiger charge is -2.05. The number of carboxylic acid groups (broad SMARTS) is 1. The molecule has 0 saturated heterocycles. The quantitative estimate of drug-likeness (QED) is 0.713. The molecule has 1 aromatic heterocycles. The van der Waals surface area contributed by atoms with E-state index < -0.39 is 12.8 Å². The average Bonchev–Trinajstić information content (AvgIpc) is 2.81. The minimum atomic E-state index is -1.17. The van der Waals surface area contributed by atoms with Crippen molar-refractivity contribution in [2.24, 2.45) is 0 Å². The molecule has 1 amide bonds. The number of benzene rings is 1. The summed E-state index contributed by atoms with van der Waals surface area (Å²) in [5.41, 5.74) is 2.52. The smallest absolute Gasteiger partial charge is 0.409 e. The third-order valence-electron chi connectivity index (χ3n) is 2.91. The number of anilines is 1. The lowest BCUT2D eigenvalue weighted by Crippen LogP contribution is -2.15. The van der Waals surface area contributed by atoms with Gasteiger partial charge in [0.1, 0.15) is 18.1 Å². The van der Waals surface area contributed by atoms with E-state index in [2.05, 4.69) is 15.8 Å². The van der Waals surface area contributed by atoms with Crippen molar-refractivity contribution in [2.75, 3.05) is 18.5 Å². The maximum Gasteiger partial charge on any atom is 0.409 e. The van der Waals surface area contributed by atoms with E-state index in [-0.39, 0.29) is 0 Å². The number of alkyl halides is 1. The highest BCUT2D eigenvalue weighted by molar-refractivity contribution is 5.89. The van der Waals surface area contributed by atoms with Gasteiger partial charge in [-0.15, -0.1) is 0 Å². The molecule has 0 saturated carbocycles. The number of aryl methyl sites for hydroxylation is 1. The van der Waals surface area contributed by atoms with Crippen LogP contribution in [0.5, 0.6) is 0 Å². The second-order valence-electron chi connectivity index (χ2n) is 4.46. The molecule has 0 aliphatic heterocycles. The van der Waals surface area contributed by atoms with Gasteiger partial charge in [0.15, 0.2) is 5.76 Å². The molecule has 7 heteroatoms. The molecular formula is C14H16FN3O3. The summed E-state index contributed by atoms with van der Waals surface area (Å²) in [6.07, 6.45) is -1.17. The van der Waals surface area contributed by atoms with Crippen LogP contribution in [0, 0.1) is 6.92 Å². The second kappa shape index (κ2) is 6.85. The van der Waals surface area contributed by atoms with Gasteiger partial charge in [0.05, 0.1) is 0 Å². The molecule has 0 radical (unpaired) electrons. The van der Waals surface area contributed by atoms with Crippen LogP contribution < -0.4 is 10.6 Å². The van der Waals surface area contributed by atoms with Gasteiger partial charge in [-0.1, -0.05) is 29.4 Å². The second-order valence-corrected chi connectivity index (χ2v) is 4.46. The molecule has 0 fully saturated rings. The fourth-order valence-electron chi connectivity index (χ4n) is 1.89. The highest BCUT2D eigenvalue weighted by Gasteiger charge is 2.16. The molecule has 2 rings (SSSR count). The number of hydrogen-bond acceptors (Lipinski definition) is 4. The summed E-state index contributed by atoms with van der Waals surface area (Å²) in [7, 11) is 0. The normalized spacial score (nSPS) is 10.6. The van der Waals surface area contributed by atoms with Crippen molar-refractivity contribution in [1.82, 2.24) is 10.5 Å². The van der Waals surface area contributed by atoms with Crippen LogP contribution in [0.25, 0.3) is 11.3 Å². The zero-order valence-corrected chi connectivity index (χ0v) is 11.5. The summed E-state index contributed by atoms with van der Waals surface area (Å²) in [5, 5.41) is 17.8. The van der Waals surface area contributed by atoms with Gasteiger partial charge in [0.2, 0.25) is 0 Å². The van der Waals surface area contributed by atoms with Crippen LogP contribution in [-0.4, -0.2) is 29.6 Å². The Labute approximate surface area is 120 Å². The maximum absolute atomic E-state index is 12.0.